The maximum Gasteiger partial charge on any atom is 0.255 e. The number of benzene rings is 1. The lowest BCUT2D eigenvalue weighted by Gasteiger charge is -2.15. The molecule has 1 unspecified atom stereocenters. The lowest BCUT2D eigenvalue weighted by atomic mass is 10.2. The minimum Gasteiger partial charge on any atom is -0.497 e. The Bertz CT molecular complexity index is 678. The number of hydrogen-bond donors (Lipinski definition) is 3. The van der Waals surface area contributed by atoms with Crippen molar-refractivity contribution in [2.45, 2.75) is 19.4 Å². The van der Waals surface area contributed by atoms with Gasteiger partial charge in [-0.3, -0.25) is 4.79 Å². The summed E-state index contributed by atoms with van der Waals surface area (Å²) >= 11 is 0. The molecule has 0 saturated carbocycles. The summed E-state index contributed by atoms with van der Waals surface area (Å²) in [4.78, 5) is 16.6. The van der Waals surface area contributed by atoms with Crippen molar-refractivity contribution in [3.05, 3.63) is 42.1 Å². The van der Waals surface area contributed by atoms with Crippen molar-refractivity contribution in [3.63, 3.8) is 0 Å². The van der Waals surface area contributed by atoms with E-state index in [1.165, 1.54) is 14.2 Å². The van der Waals surface area contributed by atoms with Crippen LogP contribution in [0.4, 0.5) is 11.5 Å². The number of pyridine rings is 1. The first-order valence-corrected chi connectivity index (χ1v) is 7.97. The monoisotopic (exact) mass is 345 g/mol. The second-order valence-corrected chi connectivity index (χ2v) is 5.42. The van der Waals surface area contributed by atoms with Gasteiger partial charge in [0.25, 0.3) is 5.91 Å². The van der Waals surface area contributed by atoms with E-state index < -0.39 is 0 Å². The molecule has 0 spiro atoms. The van der Waals surface area contributed by atoms with Crippen LogP contribution in [0, 0.1) is 0 Å². The molecule has 3 N–H and O–H groups in total. The minimum absolute atomic E-state index is 0.0361. The first-order chi connectivity index (χ1) is 12.1. The first-order valence-electron chi connectivity index (χ1n) is 7.97. The molecule has 0 radical (unpaired) electrons. The smallest absolute Gasteiger partial charge is 0.255 e. The summed E-state index contributed by atoms with van der Waals surface area (Å²) in [6.45, 7) is 2.01. The number of aliphatic hydroxyl groups is 1. The molecule has 7 heteroatoms. The standard InChI is InChI=1S/C18H23N3O4/c1-4-13(11-22)20-17-6-5-14(10-19-17)21-18(23)12-7-15(24-2)9-16(8-12)25-3/h5-10,13,22H,4,11H2,1-3H3,(H,19,20)(H,21,23). The fourth-order valence-electron chi connectivity index (χ4n) is 2.18. The third-order valence-electron chi connectivity index (χ3n) is 3.70. The molecule has 2 rings (SSSR count). The molecule has 25 heavy (non-hydrogen) atoms. The molecule has 0 aliphatic carbocycles. The van der Waals surface area contributed by atoms with Crippen molar-refractivity contribution in [2.75, 3.05) is 31.5 Å². The molecule has 2 aromatic rings. The van der Waals surface area contributed by atoms with E-state index in [4.69, 9.17) is 9.47 Å². The predicted octanol–water partition coefficient (Wildman–Crippen LogP) is 2.53. The summed E-state index contributed by atoms with van der Waals surface area (Å²) in [5.74, 6) is 1.43. The van der Waals surface area contributed by atoms with E-state index in [0.717, 1.165) is 6.42 Å². The van der Waals surface area contributed by atoms with E-state index in [1.54, 1.807) is 36.5 Å². The number of ether oxygens (including phenoxy) is 2. The fourth-order valence-corrected chi connectivity index (χ4v) is 2.18. The van der Waals surface area contributed by atoms with Crippen molar-refractivity contribution in [1.82, 2.24) is 4.98 Å². The van der Waals surface area contributed by atoms with Gasteiger partial charge in [-0.1, -0.05) is 6.92 Å². The van der Waals surface area contributed by atoms with Gasteiger partial charge >= 0.3 is 0 Å². The number of carbonyl (C=O) groups is 1. The van der Waals surface area contributed by atoms with Crippen molar-refractivity contribution in [3.8, 4) is 11.5 Å². The normalized spacial score (nSPS) is 11.5. The number of methoxy groups -OCH3 is 2. The molecular formula is C18H23N3O4. The Morgan fingerprint density at radius 3 is 2.36 bits per heavy atom. The van der Waals surface area contributed by atoms with Gasteiger partial charge in [0.1, 0.15) is 17.3 Å². The van der Waals surface area contributed by atoms with Crippen LogP contribution in [0.5, 0.6) is 11.5 Å². The summed E-state index contributed by atoms with van der Waals surface area (Å²) in [6, 6.07) is 8.42. The number of aromatic nitrogens is 1. The number of rotatable bonds is 8. The highest BCUT2D eigenvalue weighted by molar-refractivity contribution is 6.04. The van der Waals surface area contributed by atoms with Gasteiger partial charge in [0.2, 0.25) is 0 Å². The van der Waals surface area contributed by atoms with Crippen LogP contribution >= 0.6 is 0 Å². The van der Waals surface area contributed by atoms with E-state index in [9.17, 15) is 9.90 Å². The minimum atomic E-state index is -0.290. The Labute approximate surface area is 147 Å². The lowest BCUT2D eigenvalue weighted by molar-refractivity contribution is 0.102. The van der Waals surface area contributed by atoms with Crippen LogP contribution in [-0.2, 0) is 0 Å². The molecule has 0 bridgehead atoms. The number of nitrogens with one attached hydrogen (secondary N) is 2. The van der Waals surface area contributed by atoms with Gasteiger partial charge in [-0.05, 0) is 30.7 Å². The van der Waals surface area contributed by atoms with Gasteiger partial charge in [-0.15, -0.1) is 0 Å². The molecule has 134 valence electrons. The number of aliphatic hydroxyl groups excluding tert-OH is 1. The number of anilines is 2. The molecule has 0 fully saturated rings. The second kappa shape index (κ2) is 8.89. The molecule has 7 nitrogen and oxygen atoms in total. The summed E-state index contributed by atoms with van der Waals surface area (Å²) < 4.78 is 10.3. The molecule has 1 aromatic carbocycles. The summed E-state index contributed by atoms with van der Waals surface area (Å²) in [7, 11) is 3.06. The fraction of sp³-hybridized carbons (Fsp3) is 0.333. The van der Waals surface area contributed by atoms with Gasteiger partial charge in [0.05, 0.1) is 38.8 Å². The van der Waals surface area contributed by atoms with E-state index in [2.05, 4.69) is 15.6 Å². The molecule has 1 aromatic heterocycles. The van der Waals surface area contributed by atoms with Gasteiger partial charge in [-0.25, -0.2) is 4.98 Å². The number of amides is 1. The molecule has 1 atom stereocenters. The van der Waals surface area contributed by atoms with Crippen LogP contribution in [0.15, 0.2) is 36.5 Å². The number of nitrogens with zero attached hydrogens (tertiary/aromatic N) is 1. The maximum atomic E-state index is 12.4. The van der Waals surface area contributed by atoms with Crippen molar-refractivity contribution < 1.29 is 19.4 Å². The molecule has 1 amide bonds. The zero-order valence-corrected chi connectivity index (χ0v) is 14.6. The van der Waals surface area contributed by atoms with Gasteiger partial charge < -0.3 is 25.2 Å². The molecule has 0 aliphatic heterocycles. The van der Waals surface area contributed by atoms with Crippen LogP contribution in [0.1, 0.15) is 23.7 Å². The van der Waals surface area contributed by atoms with Gasteiger partial charge in [0, 0.05) is 11.6 Å². The Kier molecular flexibility index (Phi) is 6.59. The summed E-state index contributed by atoms with van der Waals surface area (Å²) in [5.41, 5.74) is 0.985. The van der Waals surface area contributed by atoms with Crippen LogP contribution < -0.4 is 20.1 Å². The van der Waals surface area contributed by atoms with E-state index in [-0.39, 0.29) is 18.6 Å². The van der Waals surface area contributed by atoms with Crippen LogP contribution in [0.3, 0.4) is 0 Å². The molecule has 1 heterocycles. The average Bonchev–Trinajstić information content (AvgIpc) is 2.66. The van der Waals surface area contributed by atoms with E-state index >= 15 is 0 Å². The predicted molar refractivity (Wildman–Crippen MR) is 96.5 cm³/mol. The highest BCUT2D eigenvalue weighted by atomic mass is 16.5. The van der Waals surface area contributed by atoms with Crippen molar-refractivity contribution in [2.24, 2.45) is 0 Å². The molecular weight excluding hydrogens is 322 g/mol. The topological polar surface area (TPSA) is 92.7 Å². The Morgan fingerprint density at radius 2 is 1.88 bits per heavy atom. The summed E-state index contributed by atoms with van der Waals surface area (Å²) in [5, 5.41) is 15.1. The van der Waals surface area contributed by atoms with Crippen LogP contribution in [-0.4, -0.2) is 42.9 Å². The highest BCUT2D eigenvalue weighted by Gasteiger charge is 2.11. The average molecular weight is 345 g/mol. The summed E-state index contributed by atoms with van der Waals surface area (Å²) in [6.07, 6.45) is 2.34. The highest BCUT2D eigenvalue weighted by Crippen LogP contribution is 2.23. The number of carbonyl (C=O) groups excluding carboxylic acids is 1. The largest absolute Gasteiger partial charge is 0.497 e. The Balaban J connectivity index is 2.08. The number of hydrogen-bond acceptors (Lipinski definition) is 6. The quantitative estimate of drug-likeness (QED) is 0.681. The maximum absolute atomic E-state index is 12.4. The molecule has 0 saturated heterocycles. The lowest BCUT2D eigenvalue weighted by Crippen LogP contribution is -2.23. The van der Waals surface area contributed by atoms with E-state index in [0.29, 0.717) is 28.6 Å². The zero-order chi connectivity index (χ0) is 18.2. The third-order valence-corrected chi connectivity index (χ3v) is 3.70. The second-order valence-electron chi connectivity index (χ2n) is 5.42. The van der Waals surface area contributed by atoms with Crippen molar-refractivity contribution in [1.29, 1.82) is 0 Å². The van der Waals surface area contributed by atoms with Crippen LogP contribution in [0.2, 0.25) is 0 Å². The van der Waals surface area contributed by atoms with Crippen LogP contribution in [0.25, 0.3) is 0 Å². The Hall–Kier alpha value is -2.80. The zero-order valence-electron chi connectivity index (χ0n) is 14.6. The Morgan fingerprint density at radius 1 is 1.20 bits per heavy atom. The van der Waals surface area contributed by atoms with E-state index in [1.807, 2.05) is 6.92 Å². The van der Waals surface area contributed by atoms with Gasteiger partial charge in [-0.2, -0.15) is 0 Å². The SMILES string of the molecule is CCC(CO)Nc1ccc(NC(=O)c2cc(OC)cc(OC)c2)cn1. The first kappa shape index (κ1) is 18.5. The molecule has 0 aliphatic rings. The van der Waals surface area contributed by atoms with Gasteiger partial charge in [0.15, 0.2) is 0 Å². The third kappa shape index (κ3) is 5.09. The van der Waals surface area contributed by atoms with Crippen molar-refractivity contribution >= 4 is 17.4 Å².